The molecular weight excluding hydrogens is 387 g/mol. The predicted molar refractivity (Wildman–Crippen MR) is 101 cm³/mol. The van der Waals surface area contributed by atoms with Crippen LogP contribution < -0.4 is 0 Å². The zero-order valence-electron chi connectivity index (χ0n) is 14.0. The number of carbonyl (C=O) groups is 2. The molecule has 1 saturated carbocycles. The van der Waals surface area contributed by atoms with Crippen LogP contribution in [0.2, 0.25) is 10.0 Å². The summed E-state index contributed by atoms with van der Waals surface area (Å²) in [4.78, 5) is 25.2. The van der Waals surface area contributed by atoms with Crippen molar-refractivity contribution < 1.29 is 14.0 Å². The second-order valence-corrected chi connectivity index (χ2v) is 7.88. The summed E-state index contributed by atoms with van der Waals surface area (Å²) in [5.41, 5.74) is 0.773. The van der Waals surface area contributed by atoms with E-state index in [1.165, 1.54) is 6.21 Å². The number of hydrogen-bond donors (Lipinski definition) is 0. The molecule has 0 radical (unpaired) electrons. The number of hydrogen-bond acceptors (Lipinski definition) is 4. The van der Waals surface area contributed by atoms with E-state index in [2.05, 4.69) is 17.3 Å². The van der Waals surface area contributed by atoms with Gasteiger partial charge >= 0.3 is 0 Å². The molecule has 2 fully saturated rings. The van der Waals surface area contributed by atoms with Crippen molar-refractivity contribution in [3.63, 3.8) is 0 Å². The van der Waals surface area contributed by atoms with Crippen molar-refractivity contribution in [1.29, 1.82) is 0 Å². The Kier molecular flexibility index (Phi) is 3.78. The van der Waals surface area contributed by atoms with Gasteiger partial charge < -0.3 is 4.42 Å². The first kappa shape index (κ1) is 16.8. The summed E-state index contributed by atoms with van der Waals surface area (Å²) in [6, 6.07) is 8.69. The van der Waals surface area contributed by atoms with Crippen molar-refractivity contribution >= 4 is 41.2 Å². The van der Waals surface area contributed by atoms with Crippen LogP contribution in [0.1, 0.15) is 12.2 Å². The topological polar surface area (TPSA) is 62.9 Å². The maximum absolute atomic E-state index is 12.6. The minimum atomic E-state index is -0.256. The highest BCUT2D eigenvalue weighted by Gasteiger charge is 2.59. The summed E-state index contributed by atoms with van der Waals surface area (Å²) in [6.07, 6.45) is 6.41. The quantitative estimate of drug-likeness (QED) is 0.435. The number of hydrazone groups is 1. The van der Waals surface area contributed by atoms with Crippen molar-refractivity contribution in [1.82, 2.24) is 5.01 Å². The van der Waals surface area contributed by atoms with Gasteiger partial charge in [-0.25, -0.2) is 0 Å². The van der Waals surface area contributed by atoms with E-state index < -0.39 is 0 Å². The van der Waals surface area contributed by atoms with Crippen molar-refractivity contribution in [2.24, 2.45) is 28.8 Å². The Labute approximate surface area is 165 Å². The number of fused-ring (bicyclic) bond motifs is 5. The highest BCUT2D eigenvalue weighted by atomic mass is 35.5. The standard InChI is InChI=1S/C20H14Cl2N2O3/c21-14-5-3-10(8-15(14)22)16-6-4-13(27-16)9-23-24-19(25)17-11-1-2-12(7-11)18(17)20(24)26/h1-6,8-9,11-12,17-18H,7H2. The maximum Gasteiger partial charge on any atom is 0.254 e. The monoisotopic (exact) mass is 400 g/mol. The smallest absolute Gasteiger partial charge is 0.254 e. The van der Waals surface area contributed by atoms with Crippen LogP contribution in [0.15, 0.2) is 52.0 Å². The first-order valence-electron chi connectivity index (χ1n) is 8.68. The van der Waals surface area contributed by atoms with E-state index >= 15 is 0 Å². The Morgan fingerprint density at radius 3 is 2.37 bits per heavy atom. The van der Waals surface area contributed by atoms with Gasteiger partial charge in [0.15, 0.2) is 0 Å². The summed E-state index contributed by atoms with van der Waals surface area (Å²) < 4.78 is 5.73. The van der Waals surface area contributed by atoms with Gasteiger partial charge in [0.05, 0.1) is 28.1 Å². The van der Waals surface area contributed by atoms with Crippen LogP contribution in [-0.4, -0.2) is 23.0 Å². The minimum absolute atomic E-state index is 0.168. The van der Waals surface area contributed by atoms with Gasteiger partial charge in [-0.2, -0.15) is 10.1 Å². The molecule has 2 amide bonds. The first-order valence-corrected chi connectivity index (χ1v) is 9.44. The number of imide groups is 1. The van der Waals surface area contributed by atoms with Crippen LogP contribution in [0, 0.1) is 23.7 Å². The third kappa shape index (κ3) is 2.57. The SMILES string of the molecule is O=C1C2C3C=CC(C3)C2C(=O)N1N=Cc1ccc(-c2ccc(Cl)c(Cl)c2)o1. The van der Waals surface area contributed by atoms with Gasteiger partial charge in [0.25, 0.3) is 11.8 Å². The Hall–Kier alpha value is -2.37. The summed E-state index contributed by atoms with van der Waals surface area (Å²) in [6.45, 7) is 0. The van der Waals surface area contributed by atoms with Gasteiger partial charge in [0.2, 0.25) is 0 Å². The van der Waals surface area contributed by atoms with E-state index in [1.807, 2.05) is 0 Å². The molecule has 4 atom stereocenters. The summed E-state index contributed by atoms with van der Waals surface area (Å²) in [5.74, 6) is 0.427. The summed E-state index contributed by atoms with van der Waals surface area (Å²) in [7, 11) is 0. The van der Waals surface area contributed by atoms with Gasteiger partial charge in [-0.05, 0) is 48.6 Å². The highest BCUT2D eigenvalue weighted by molar-refractivity contribution is 6.42. The van der Waals surface area contributed by atoms with Crippen LogP contribution in [0.4, 0.5) is 0 Å². The zero-order chi connectivity index (χ0) is 18.7. The minimum Gasteiger partial charge on any atom is -0.455 e. The predicted octanol–water partition coefficient (Wildman–Crippen LogP) is 4.39. The number of benzene rings is 1. The second-order valence-electron chi connectivity index (χ2n) is 7.06. The number of carbonyl (C=O) groups excluding carboxylic acids is 2. The molecule has 5 rings (SSSR count). The second kappa shape index (κ2) is 6.08. The third-order valence-electron chi connectivity index (χ3n) is 5.58. The van der Waals surface area contributed by atoms with Crippen LogP contribution >= 0.6 is 23.2 Å². The molecular formula is C20H14Cl2N2O3. The van der Waals surface area contributed by atoms with Crippen LogP contribution in [-0.2, 0) is 9.59 Å². The van der Waals surface area contributed by atoms with Crippen LogP contribution in [0.25, 0.3) is 11.3 Å². The molecule has 1 aromatic heterocycles. The van der Waals surface area contributed by atoms with Crippen molar-refractivity contribution in [2.45, 2.75) is 6.42 Å². The number of nitrogens with zero attached hydrogens (tertiary/aromatic N) is 2. The largest absolute Gasteiger partial charge is 0.455 e. The molecule has 136 valence electrons. The van der Waals surface area contributed by atoms with Gasteiger partial charge in [0.1, 0.15) is 11.5 Å². The van der Waals surface area contributed by atoms with E-state index in [1.54, 1.807) is 30.3 Å². The molecule has 2 aromatic rings. The molecule has 2 heterocycles. The average Bonchev–Trinajstić information content (AvgIpc) is 3.41. The average molecular weight is 401 g/mol. The molecule has 1 aliphatic heterocycles. The number of rotatable bonds is 3. The number of amides is 2. The Balaban J connectivity index is 1.36. The molecule has 1 saturated heterocycles. The molecule has 0 N–H and O–H groups in total. The fourth-order valence-corrected chi connectivity index (χ4v) is 4.64. The molecule has 5 nitrogen and oxygen atoms in total. The van der Waals surface area contributed by atoms with Gasteiger partial charge in [-0.3, -0.25) is 9.59 Å². The van der Waals surface area contributed by atoms with Crippen molar-refractivity contribution in [2.75, 3.05) is 0 Å². The van der Waals surface area contributed by atoms with Crippen LogP contribution in [0.5, 0.6) is 0 Å². The molecule has 1 aromatic carbocycles. The third-order valence-corrected chi connectivity index (χ3v) is 6.32. The van der Waals surface area contributed by atoms with Gasteiger partial charge in [0, 0.05) is 5.56 Å². The van der Waals surface area contributed by atoms with E-state index in [9.17, 15) is 9.59 Å². The van der Waals surface area contributed by atoms with Crippen molar-refractivity contribution in [3.05, 3.63) is 58.3 Å². The normalized spacial score (nSPS) is 28.7. The molecule has 2 bridgehead atoms. The maximum atomic E-state index is 12.6. The van der Waals surface area contributed by atoms with E-state index in [0.717, 1.165) is 17.0 Å². The molecule has 7 heteroatoms. The van der Waals surface area contributed by atoms with Crippen LogP contribution in [0.3, 0.4) is 0 Å². The number of allylic oxidation sites excluding steroid dienone is 2. The Morgan fingerprint density at radius 1 is 1.00 bits per heavy atom. The number of furan rings is 1. The fraction of sp³-hybridized carbons (Fsp3) is 0.250. The highest BCUT2D eigenvalue weighted by Crippen LogP contribution is 2.52. The fourth-order valence-electron chi connectivity index (χ4n) is 4.34. The lowest BCUT2D eigenvalue weighted by atomic mass is 9.85. The van der Waals surface area contributed by atoms with E-state index in [4.69, 9.17) is 27.6 Å². The number of halogens is 2. The molecule has 4 unspecified atom stereocenters. The lowest BCUT2D eigenvalue weighted by Gasteiger charge is -2.13. The molecule has 0 spiro atoms. The van der Waals surface area contributed by atoms with E-state index in [-0.39, 0.29) is 35.5 Å². The van der Waals surface area contributed by atoms with Gasteiger partial charge in [-0.15, -0.1) is 0 Å². The Bertz CT molecular complexity index is 996. The Morgan fingerprint density at radius 2 is 1.70 bits per heavy atom. The van der Waals surface area contributed by atoms with Crippen molar-refractivity contribution in [3.8, 4) is 11.3 Å². The molecule has 2 aliphatic carbocycles. The van der Waals surface area contributed by atoms with Gasteiger partial charge in [-0.1, -0.05) is 35.4 Å². The lowest BCUT2D eigenvalue weighted by Crippen LogP contribution is -2.28. The lowest BCUT2D eigenvalue weighted by molar-refractivity contribution is -0.140. The molecule has 3 aliphatic rings. The zero-order valence-corrected chi connectivity index (χ0v) is 15.5. The first-order chi connectivity index (χ1) is 13.0. The summed E-state index contributed by atoms with van der Waals surface area (Å²) >= 11 is 12.0. The van der Waals surface area contributed by atoms with E-state index in [0.29, 0.717) is 21.6 Å². The summed E-state index contributed by atoms with van der Waals surface area (Å²) in [5, 5.41) is 6.02. The molecule has 27 heavy (non-hydrogen) atoms.